The highest BCUT2D eigenvalue weighted by molar-refractivity contribution is 5.86. The molecule has 0 bridgehead atoms. The van der Waals surface area contributed by atoms with E-state index in [0.29, 0.717) is 13.2 Å². The molecule has 1 heterocycles. The molecule has 6 nitrogen and oxygen atoms in total. The highest BCUT2D eigenvalue weighted by Crippen LogP contribution is 2.15. The van der Waals surface area contributed by atoms with Crippen LogP contribution in [-0.2, 0) is 14.3 Å². The molecule has 2 amide bonds. The molecule has 0 spiro atoms. The van der Waals surface area contributed by atoms with Crippen molar-refractivity contribution in [1.82, 2.24) is 15.1 Å². The maximum absolute atomic E-state index is 12.1. The van der Waals surface area contributed by atoms with Crippen LogP contribution in [-0.4, -0.2) is 75.6 Å². The second-order valence-electron chi connectivity index (χ2n) is 4.52. The molecule has 0 saturated carbocycles. The number of hydrogen-bond acceptors (Lipinski definition) is 4. The number of likely N-dealkylation sites (N-methyl/N-ethyl adjacent to an activating group) is 3. The molecular weight excluding hydrogens is 222 g/mol. The van der Waals surface area contributed by atoms with E-state index in [2.05, 4.69) is 5.32 Å². The van der Waals surface area contributed by atoms with Crippen LogP contribution in [0.25, 0.3) is 0 Å². The lowest BCUT2D eigenvalue weighted by Gasteiger charge is -2.24. The highest BCUT2D eigenvalue weighted by Gasteiger charge is 2.35. The molecular formula is C11H21N3O3. The Morgan fingerprint density at radius 2 is 1.94 bits per heavy atom. The molecule has 0 aromatic heterocycles. The number of nitrogens with zero attached hydrogens (tertiary/aromatic N) is 2. The van der Waals surface area contributed by atoms with E-state index < -0.39 is 0 Å². The van der Waals surface area contributed by atoms with Crippen molar-refractivity contribution in [2.75, 3.05) is 47.9 Å². The van der Waals surface area contributed by atoms with Gasteiger partial charge in [0.05, 0.1) is 25.7 Å². The molecule has 98 valence electrons. The quantitative estimate of drug-likeness (QED) is 0.671. The van der Waals surface area contributed by atoms with Crippen molar-refractivity contribution in [3.05, 3.63) is 0 Å². The van der Waals surface area contributed by atoms with Crippen molar-refractivity contribution in [2.24, 2.45) is 5.92 Å². The van der Waals surface area contributed by atoms with Crippen molar-refractivity contribution in [3.63, 3.8) is 0 Å². The minimum Gasteiger partial charge on any atom is -0.379 e. The van der Waals surface area contributed by atoms with Crippen molar-refractivity contribution >= 4 is 11.8 Å². The third-order valence-electron chi connectivity index (χ3n) is 3.02. The Labute approximate surface area is 102 Å². The van der Waals surface area contributed by atoms with Gasteiger partial charge in [-0.2, -0.15) is 0 Å². The van der Waals surface area contributed by atoms with Gasteiger partial charge < -0.3 is 19.9 Å². The summed E-state index contributed by atoms with van der Waals surface area (Å²) in [5, 5.41) is 3.06. The average molecular weight is 243 g/mol. The summed E-state index contributed by atoms with van der Waals surface area (Å²) in [6.45, 7) is 1.08. The second kappa shape index (κ2) is 5.97. The van der Waals surface area contributed by atoms with Crippen LogP contribution in [0.1, 0.15) is 0 Å². The van der Waals surface area contributed by atoms with Crippen LogP contribution in [0.4, 0.5) is 0 Å². The van der Waals surface area contributed by atoms with E-state index in [-0.39, 0.29) is 30.3 Å². The van der Waals surface area contributed by atoms with Gasteiger partial charge in [0, 0.05) is 27.2 Å². The number of hydrogen-bond donors (Lipinski definition) is 1. The lowest BCUT2D eigenvalue weighted by Crippen LogP contribution is -2.46. The summed E-state index contributed by atoms with van der Waals surface area (Å²) in [5.41, 5.74) is 0. The van der Waals surface area contributed by atoms with Crippen LogP contribution in [0.3, 0.4) is 0 Å². The fourth-order valence-electron chi connectivity index (χ4n) is 1.79. The van der Waals surface area contributed by atoms with Crippen LogP contribution in [0.15, 0.2) is 0 Å². The van der Waals surface area contributed by atoms with Gasteiger partial charge in [0.25, 0.3) is 0 Å². The van der Waals surface area contributed by atoms with Crippen LogP contribution in [0.2, 0.25) is 0 Å². The molecule has 0 aromatic carbocycles. The predicted octanol–water partition coefficient (Wildman–Crippen LogP) is -1.23. The standard InChI is InChI=1S/C11H21N3O3/c1-12-9-7-17-6-8(9)11(16)14(4)5-10(15)13(2)3/h8-9,12H,5-7H2,1-4H3. The Hall–Kier alpha value is -1.14. The Kier molecular flexibility index (Phi) is 4.89. The van der Waals surface area contributed by atoms with Gasteiger partial charge in [-0.15, -0.1) is 0 Å². The van der Waals surface area contributed by atoms with Crippen molar-refractivity contribution in [1.29, 1.82) is 0 Å². The number of ether oxygens (including phenoxy) is 1. The van der Waals surface area contributed by atoms with Crippen molar-refractivity contribution in [2.45, 2.75) is 6.04 Å². The van der Waals surface area contributed by atoms with Gasteiger partial charge in [0.15, 0.2) is 0 Å². The first-order valence-corrected chi connectivity index (χ1v) is 5.67. The second-order valence-corrected chi connectivity index (χ2v) is 4.52. The van der Waals surface area contributed by atoms with E-state index in [0.717, 1.165) is 0 Å². The van der Waals surface area contributed by atoms with Gasteiger partial charge in [-0.3, -0.25) is 9.59 Å². The minimum absolute atomic E-state index is 0.0411. The normalized spacial score (nSPS) is 23.5. The first-order valence-electron chi connectivity index (χ1n) is 5.67. The van der Waals surface area contributed by atoms with Crippen LogP contribution >= 0.6 is 0 Å². The van der Waals surface area contributed by atoms with Gasteiger partial charge in [0.1, 0.15) is 0 Å². The van der Waals surface area contributed by atoms with Gasteiger partial charge in [0.2, 0.25) is 11.8 Å². The summed E-state index contributed by atoms with van der Waals surface area (Å²) in [5.74, 6) is -0.321. The first kappa shape index (κ1) is 13.9. The Morgan fingerprint density at radius 3 is 2.47 bits per heavy atom. The lowest BCUT2D eigenvalue weighted by atomic mass is 10.0. The highest BCUT2D eigenvalue weighted by atomic mass is 16.5. The van der Waals surface area contributed by atoms with Gasteiger partial charge in [-0.1, -0.05) is 0 Å². The SMILES string of the molecule is CNC1COCC1C(=O)N(C)CC(=O)N(C)C. The zero-order valence-corrected chi connectivity index (χ0v) is 10.9. The number of rotatable bonds is 4. The third-order valence-corrected chi connectivity index (χ3v) is 3.02. The van der Waals surface area contributed by atoms with Gasteiger partial charge >= 0.3 is 0 Å². The molecule has 1 aliphatic heterocycles. The molecule has 0 aromatic rings. The fraction of sp³-hybridized carbons (Fsp3) is 0.818. The maximum atomic E-state index is 12.1. The zero-order valence-electron chi connectivity index (χ0n) is 10.9. The molecule has 17 heavy (non-hydrogen) atoms. The number of amides is 2. The van der Waals surface area contributed by atoms with E-state index >= 15 is 0 Å². The first-order chi connectivity index (χ1) is 7.97. The summed E-state index contributed by atoms with van der Waals surface area (Å²) >= 11 is 0. The summed E-state index contributed by atoms with van der Waals surface area (Å²) in [6, 6.07) is 0.0411. The van der Waals surface area contributed by atoms with E-state index in [1.165, 1.54) is 9.80 Å². The Balaban J connectivity index is 2.54. The average Bonchev–Trinajstić information content (AvgIpc) is 2.75. The van der Waals surface area contributed by atoms with Crippen LogP contribution < -0.4 is 5.32 Å². The number of carbonyl (C=O) groups is 2. The number of carbonyl (C=O) groups excluding carboxylic acids is 2. The molecule has 0 radical (unpaired) electrons. The smallest absolute Gasteiger partial charge is 0.241 e. The molecule has 1 fully saturated rings. The Bertz CT molecular complexity index is 294. The van der Waals surface area contributed by atoms with Crippen LogP contribution in [0, 0.1) is 5.92 Å². The van der Waals surface area contributed by atoms with Gasteiger partial charge in [-0.05, 0) is 7.05 Å². The topological polar surface area (TPSA) is 61.9 Å². The maximum Gasteiger partial charge on any atom is 0.241 e. The third kappa shape index (κ3) is 3.41. The van der Waals surface area contributed by atoms with Crippen LogP contribution in [0.5, 0.6) is 0 Å². The van der Waals surface area contributed by atoms with E-state index in [9.17, 15) is 9.59 Å². The zero-order chi connectivity index (χ0) is 13.0. The van der Waals surface area contributed by atoms with E-state index in [1.807, 2.05) is 7.05 Å². The van der Waals surface area contributed by atoms with E-state index in [1.54, 1.807) is 21.1 Å². The minimum atomic E-state index is -0.194. The number of nitrogens with one attached hydrogen (secondary N) is 1. The fourth-order valence-corrected chi connectivity index (χ4v) is 1.79. The largest absolute Gasteiger partial charge is 0.379 e. The molecule has 1 N–H and O–H groups in total. The molecule has 1 aliphatic rings. The summed E-state index contributed by atoms with van der Waals surface area (Å²) in [4.78, 5) is 26.6. The molecule has 1 rings (SSSR count). The summed E-state index contributed by atoms with van der Waals surface area (Å²) in [7, 11) is 6.81. The van der Waals surface area contributed by atoms with Gasteiger partial charge in [-0.25, -0.2) is 0 Å². The monoisotopic (exact) mass is 243 g/mol. The van der Waals surface area contributed by atoms with Crippen molar-refractivity contribution < 1.29 is 14.3 Å². The lowest BCUT2D eigenvalue weighted by molar-refractivity contribution is -0.140. The summed E-state index contributed by atoms with van der Waals surface area (Å²) in [6.07, 6.45) is 0. The predicted molar refractivity (Wildman–Crippen MR) is 63.5 cm³/mol. The molecule has 6 heteroatoms. The molecule has 2 atom stereocenters. The van der Waals surface area contributed by atoms with Crippen molar-refractivity contribution in [3.8, 4) is 0 Å². The molecule has 0 aliphatic carbocycles. The molecule has 2 unspecified atom stereocenters. The Morgan fingerprint density at radius 1 is 1.29 bits per heavy atom. The van der Waals surface area contributed by atoms with E-state index in [4.69, 9.17) is 4.74 Å². The summed E-state index contributed by atoms with van der Waals surface area (Å²) < 4.78 is 5.28. The molecule has 1 saturated heterocycles.